The van der Waals surface area contributed by atoms with Crippen molar-refractivity contribution in [1.82, 2.24) is 9.78 Å². The van der Waals surface area contributed by atoms with E-state index in [0.717, 1.165) is 31.7 Å². The van der Waals surface area contributed by atoms with Crippen LogP contribution < -0.4 is 5.73 Å². The van der Waals surface area contributed by atoms with Crippen LogP contribution in [0.15, 0.2) is 22.2 Å². The molecule has 1 aliphatic heterocycles. The van der Waals surface area contributed by atoms with Crippen LogP contribution in [0.25, 0.3) is 0 Å². The number of aliphatic imine (C=N–C) groups is 1. The second kappa shape index (κ2) is 7.54. The van der Waals surface area contributed by atoms with Crippen molar-refractivity contribution in [3.63, 3.8) is 0 Å². The number of alkyl halides is 3. The van der Waals surface area contributed by atoms with Crippen molar-refractivity contribution in [3.8, 4) is 0 Å². The van der Waals surface area contributed by atoms with Crippen LogP contribution in [0.1, 0.15) is 44.0 Å². The molecule has 5 nitrogen and oxygen atoms in total. The summed E-state index contributed by atoms with van der Waals surface area (Å²) in [7, 11) is 0. The summed E-state index contributed by atoms with van der Waals surface area (Å²) in [6.07, 6.45) is 1.86. The quantitative estimate of drug-likeness (QED) is 0.803. The zero-order valence-electron chi connectivity index (χ0n) is 15.8. The normalized spacial score (nSPS) is 30.9. The number of nitrogens with two attached hydrogens (primary N) is 1. The molecular weight excluding hydrogens is 393 g/mol. The summed E-state index contributed by atoms with van der Waals surface area (Å²) < 4.78 is 40.0. The first kappa shape index (κ1) is 20.9. The van der Waals surface area contributed by atoms with Gasteiger partial charge in [-0.25, -0.2) is 0 Å². The molecule has 2 atom stereocenters. The van der Waals surface area contributed by atoms with Gasteiger partial charge in [0.1, 0.15) is 0 Å². The lowest BCUT2D eigenvalue weighted by Crippen LogP contribution is -2.51. The zero-order valence-corrected chi connectivity index (χ0v) is 16.6. The van der Waals surface area contributed by atoms with Crippen LogP contribution in [-0.2, 0) is 17.5 Å². The fraction of sp³-hybridized carbons (Fsp3) is 0.632. The van der Waals surface area contributed by atoms with E-state index in [1.54, 1.807) is 13.0 Å². The molecule has 1 aromatic heterocycles. The Morgan fingerprint density at radius 1 is 1.36 bits per heavy atom. The van der Waals surface area contributed by atoms with Gasteiger partial charge in [-0.2, -0.15) is 18.3 Å². The van der Waals surface area contributed by atoms with Crippen LogP contribution in [0.5, 0.6) is 0 Å². The topological polar surface area (TPSA) is 73.3 Å². The van der Waals surface area contributed by atoms with E-state index in [9.17, 15) is 18.0 Å². The third-order valence-electron chi connectivity index (χ3n) is 6.14. The minimum atomic E-state index is -4.44. The van der Waals surface area contributed by atoms with E-state index in [4.69, 9.17) is 17.3 Å². The minimum absolute atomic E-state index is 0.00639. The molecule has 2 heterocycles. The van der Waals surface area contributed by atoms with E-state index < -0.39 is 23.2 Å². The van der Waals surface area contributed by atoms with Gasteiger partial charge in [-0.1, -0.05) is 11.6 Å². The van der Waals surface area contributed by atoms with Crippen molar-refractivity contribution in [3.05, 3.63) is 28.6 Å². The molecule has 154 valence electrons. The first-order valence-electron chi connectivity index (χ1n) is 9.37. The summed E-state index contributed by atoms with van der Waals surface area (Å²) in [4.78, 5) is 16.7. The first-order chi connectivity index (χ1) is 13.0. The number of carbonyl (C=O) groups excluding carboxylic acids is 1. The molecule has 1 fully saturated rings. The van der Waals surface area contributed by atoms with Crippen LogP contribution in [0, 0.1) is 24.2 Å². The zero-order chi connectivity index (χ0) is 20.7. The van der Waals surface area contributed by atoms with Gasteiger partial charge in [-0.05, 0) is 63.5 Å². The highest BCUT2D eigenvalue weighted by molar-refractivity contribution is 6.39. The molecule has 28 heavy (non-hydrogen) atoms. The number of rotatable bonds is 4. The Morgan fingerprint density at radius 3 is 2.54 bits per heavy atom. The molecule has 0 aromatic carbocycles. The Hall–Kier alpha value is -1.83. The lowest BCUT2D eigenvalue weighted by atomic mass is 9.62. The molecule has 2 N–H and O–H groups in total. The number of primary amides is 1. The molecule has 1 saturated carbocycles. The predicted octanol–water partition coefficient (Wildman–Crippen LogP) is 4.08. The number of hydrogen-bond acceptors (Lipinski definition) is 3. The molecule has 1 aromatic rings. The van der Waals surface area contributed by atoms with Crippen LogP contribution in [0.4, 0.5) is 13.2 Å². The average molecular weight is 417 g/mol. The van der Waals surface area contributed by atoms with Crippen molar-refractivity contribution >= 4 is 23.7 Å². The van der Waals surface area contributed by atoms with Gasteiger partial charge >= 0.3 is 6.18 Å². The van der Waals surface area contributed by atoms with Gasteiger partial charge in [0.15, 0.2) is 5.69 Å². The van der Waals surface area contributed by atoms with Gasteiger partial charge in [0, 0.05) is 18.5 Å². The monoisotopic (exact) mass is 416 g/mol. The molecule has 9 heteroatoms. The highest BCUT2D eigenvalue weighted by Crippen LogP contribution is 2.47. The second-order valence-electron chi connectivity index (χ2n) is 7.85. The summed E-state index contributed by atoms with van der Waals surface area (Å²) in [5.41, 5.74) is 4.49. The lowest BCUT2D eigenvalue weighted by molar-refractivity contribution is -0.141. The highest BCUT2D eigenvalue weighted by atomic mass is 35.5. The smallest absolute Gasteiger partial charge is 0.369 e. The van der Waals surface area contributed by atoms with Crippen LogP contribution in [0.3, 0.4) is 0 Å². The molecule has 0 saturated heterocycles. The number of hydrogen-bond donors (Lipinski definition) is 1. The molecule has 2 unspecified atom stereocenters. The fourth-order valence-electron chi connectivity index (χ4n) is 4.53. The van der Waals surface area contributed by atoms with Crippen molar-refractivity contribution < 1.29 is 18.0 Å². The Bertz CT molecular complexity index is 809. The molecule has 1 aliphatic carbocycles. The molecular formula is C19H24ClF3N4O. The van der Waals surface area contributed by atoms with Crippen LogP contribution >= 0.6 is 11.6 Å². The molecule has 3 rings (SSSR count). The van der Waals surface area contributed by atoms with Gasteiger partial charge < -0.3 is 5.73 Å². The Morgan fingerprint density at radius 2 is 2.00 bits per heavy atom. The standard InChI is InChI=1S/C19H24ClF3N4O/c1-11-7-16(19(21,22)23)26-27(11)10-13-3-5-14(6-4-13)18(17(24)28)8-15(20)9-25-12(18)2/h7-9,12-14H,3-6,10H2,1-2H3,(H2,24,28). The first-order valence-corrected chi connectivity index (χ1v) is 9.75. The summed E-state index contributed by atoms with van der Waals surface area (Å²) in [6.45, 7) is 3.92. The van der Waals surface area contributed by atoms with Gasteiger partial charge in [0.2, 0.25) is 5.91 Å². The molecule has 1 amide bonds. The van der Waals surface area contributed by atoms with Gasteiger partial charge in [0.25, 0.3) is 0 Å². The Labute approximate surface area is 166 Å². The number of allylic oxidation sites excluding steroid dienone is 1. The van der Waals surface area contributed by atoms with E-state index in [0.29, 0.717) is 17.3 Å². The number of halogens is 4. The van der Waals surface area contributed by atoms with Crippen molar-refractivity contribution in [2.45, 2.75) is 58.3 Å². The van der Waals surface area contributed by atoms with Crippen LogP contribution in [-0.4, -0.2) is 27.9 Å². The van der Waals surface area contributed by atoms with Crippen molar-refractivity contribution in [1.29, 1.82) is 0 Å². The second-order valence-corrected chi connectivity index (χ2v) is 8.29. The maximum absolute atomic E-state index is 12.9. The number of aromatic nitrogens is 2. The highest BCUT2D eigenvalue weighted by Gasteiger charge is 2.49. The maximum atomic E-state index is 12.9. The van der Waals surface area contributed by atoms with Crippen molar-refractivity contribution in [2.24, 2.45) is 28.0 Å². The SMILES string of the molecule is Cc1cc(C(F)(F)F)nn1CC1CCC(C2(C(N)=O)C=C(Cl)C=NC2C)CC1. The number of nitrogens with zero attached hydrogens (tertiary/aromatic N) is 3. The van der Waals surface area contributed by atoms with E-state index in [1.165, 1.54) is 10.9 Å². The summed E-state index contributed by atoms with van der Waals surface area (Å²) >= 11 is 6.12. The van der Waals surface area contributed by atoms with E-state index in [-0.39, 0.29) is 17.9 Å². The number of dihydropyridines is 1. The molecule has 2 aliphatic rings. The summed E-state index contributed by atoms with van der Waals surface area (Å²) in [5.74, 6) is -0.231. The third-order valence-corrected chi connectivity index (χ3v) is 6.35. The Balaban J connectivity index is 1.70. The van der Waals surface area contributed by atoms with Gasteiger partial charge in [-0.3, -0.25) is 14.5 Å². The van der Waals surface area contributed by atoms with Crippen molar-refractivity contribution in [2.75, 3.05) is 0 Å². The van der Waals surface area contributed by atoms with Gasteiger partial charge in [0.05, 0.1) is 16.5 Å². The van der Waals surface area contributed by atoms with Crippen LogP contribution in [0.2, 0.25) is 0 Å². The fourth-order valence-corrected chi connectivity index (χ4v) is 4.77. The molecule has 0 spiro atoms. The predicted molar refractivity (Wildman–Crippen MR) is 101 cm³/mol. The maximum Gasteiger partial charge on any atom is 0.435 e. The molecule has 0 bridgehead atoms. The summed E-state index contributed by atoms with van der Waals surface area (Å²) in [6, 6.07) is 0.777. The number of aryl methyl sites for hydroxylation is 1. The van der Waals surface area contributed by atoms with Gasteiger partial charge in [-0.15, -0.1) is 0 Å². The third kappa shape index (κ3) is 3.83. The number of amides is 1. The van der Waals surface area contributed by atoms with E-state index >= 15 is 0 Å². The molecule has 0 radical (unpaired) electrons. The minimum Gasteiger partial charge on any atom is -0.369 e. The lowest BCUT2D eigenvalue weighted by Gasteiger charge is -2.43. The number of carbonyl (C=O) groups is 1. The Kier molecular flexibility index (Phi) is 5.62. The summed E-state index contributed by atoms with van der Waals surface area (Å²) in [5, 5.41) is 4.13. The van der Waals surface area contributed by atoms with E-state index in [1.807, 2.05) is 6.92 Å². The largest absolute Gasteiger partial charge is 0.435 e. The van der Waals surface area contributed by atoms with E-state index in [2.05, 4.69) is 10.1 Å². The average Bonchev–Trinajstić information content (AvgIpc) is 2.98.